The van der Waals surface area contributed by atoms with Crippen molar-refractivity contribution in [3.63, 3.8) is 0 Å². The molecule has 1 N–H and O–H groups in total. The topological polar surface area (TPSA) is 46.3 Å². The molecule has 0 saturated carbocycles. The third-order valence-electron chi connectivity index (χ3n) is 6.38. The standard InChI is InChI=1S/C31H21F2NO2/c1-18(35)28-17-27-29(21-5-3-2-4-6-21)34-30-25(20-9-13-24(33)14-10-20)15-22(16-26(30)31(27)36-28)19-7-11-23(32)12-8-19/h2-18,35H,1H3. The van der Waals surface area contributed by atoms with E-state index in [1.807, 2.05) is 48.5 Å². The second-order valence-electron chi connectivity index (χ2n) is 8.83. The van der Waals surface area contributed by atoms with Crippen molar-refractivity contribution in [2.24, 2.45) is 0 Å². The zero-order valence-electron chi connectivity index (χ0n) is 19.4. The van der Waals surface area contributed by atoms with Gasteiger partial charge in [-0.2, -0.15) is 0 Å². The summed E-state index contributed by atoms with van der Waals surface area (Å²) in [4.78, 5) is 5.10. The number of aliphatic hydroxyl groups excluding tert-OH is 1. The quantitative estimate of drug-likeness (QED) is 0.278. The average Bonchev–Trinajstić information content (AvgIpc) is 3.36. The van der Waals surface area contributed by atoms with E-state index in [1.54, 1.807) is 31.2 Å². The summed E-state index contributed by atoms with van der Waals surface area (Å²) in [5.74, 6) is -0.208. The SMILES string of the molecule is CC(O)c1cc2c(-c3ccccc3)nc3c(-c4ccc(F)cc4)cc(-c4ccc(F)cc4)cc3c2o1. The Morgan fingerprint density at radius 1 is 0.694 bits per heavy atom. The van der Waals surface area contributed by atoms with Gasteiger partial charge in [-0.05, 0) is 66.1 Å². The average molecular weight is 478 g/mol. The van der Waals surface area contributed by atoms with E-state index < -0.39 is 6.10 Å². The van der Waals surface area contributed by atoms with Crippen LogP contribution in [-0.4, -0.2) is 10.1 Å². The monoisotopic (exact) mass is 477 g/mol. The van der Waals surface area contributed by atoms with Crippen LogP contribution in [0, 0.1) is 11.6 Å². The van der Waals surface area contributed by atoms with E-state index in [4.69, 9.17) is 9.40 Å². The molecule has 3 nitrogen and oxygen atoms in total. The molecule has 0 spiro atoms. The minimum absolute atomic E-state index is 0.317. The summed E-state index contributed by atoms with van der Waals surface area (Å²) in [6.45, 7) is 1.66. The molecule has 6 aromatic rings. The van der Waals surface area contributed by atoms with E-state index in [1.165, 1.54) is 24.3 Å². The molecule has 2 aromatic heterocycles. The normalized spacial score (nSPS) is 12.3. The Kier molecular flexibility index (Phi) is 5.35. The van der Waals surface area contributed by atoms with Crippen molar-refractivity contribution in [3.8, 4) is 33.5 Å². The number of benzene rings is 4. The molecule has 1 unspecified atom stereocenters. The highest BCUT2D eigenvalue weighted by atomic mass is 19.1. The highest BCUT2D eigenvalue weighted by Gasteiger charge is 2.20. The first-order chi connectivity index (χ1) is 17.5. The van der Waals surface area contributed by atoms with Crippen LogP contribution in [0.5, 0.6) is 0 Å². The van der Waals surface area contributed by atoms with Crippen LogP contribution in [0.4, 0.5) is 8.78 Å². The Bertz CT molecular complexity index is 1700. The number of pyridine rings is 1. The third kappa shape index (κ3) is 3.84. The van der Waals surface area contributed by atoms with Gasteiger partial charge in [-0.15, -0.1) is 0 Å². The van der Waals surface area contributed by atoms with Crippen molar-refractivity contribution in [2.45, 2.75) is 13.0 Å². The van der Waals surface area contributed by atoms with Gasteiger partial charge < -0.3 is 9.52 Å². The van der Waals surface area contributed by atoms with Gasteiger partial charge in [0.2, 0.25) is 0 Å². The van der Waals surface area contributed by atoms with Gasteiger partial charge in [0.1, 0.15) is 29.1 Å². The van der Waals surface area contributed by atoms with Gasteiger partial charge in [0.05, 0.1) is 11.2 Å². The fourth-order valence-corrected chi connectivity index (χ4v) is 4.57. The summed E-state index contributed by atoms with van der Waals surface area (Å²) < 4.78 is 33.6. The van der Waals surface area contributed by atoms with Crippen molar-refractivity contribution in [3.05, 3.63) is 114 Å². The maximum atomic E-state index is 13.8. The van der Waals surface area contributed by atoms with Crippen molar-refractivity contribution >= 4 is 21.9 Å². The zero-order chi connectivity index (χ0) is 24.8. The fraction of sp³-hybridized carbons (Fsp3) is 0.0645. The predicted molar refractivity (Wildman–Crippen MR) is 138 cm³/mol. The first-order valence-corrected chi connectivity index (χ1v) is 11.6. The van der Waals surface area contributed by atoms with Crippen LogP contribution in [0.1, 0.15) is 18.8 Å². The lowest BCUT2D eigenvalue weighted by Crippen LogP contribution is -1.92. The number of fused-ring (bicyclic) bond motifs is 3. The summed E-state index contributed by atoms with van der Waals surface area (Å²) in [5.41, 5.74) is 6.17. The largest absolute Gasteiger partial charge is 0.458 e. The van der Waals surface area contributed by atoms with Crippen molar-refractivity contribution in [1.29, 1.82) is 0 Å². The molecule has 6 rings (SSSR count). The van der Waals surface area contributed by atoms with Crippen LogP contribution in [0.15, 0.2) is 101 Å². The second kappa shape index (κ2) is 8.70. The number of halogens is 2. The Hall–Kier alpha value is -4.35. The Balaban J connectivity index is 1.75. The van der Waals surface area contributed by atoms with Crippen LogP contribution in [0.25, 0.3) is 55.4 Å². The van der Waals surface area contributed by atoms with E-state index in [9.17, 15) is 13.9 Å². The Morgan fingerprint density at radius 2 is 1.33 bits per heavy atom. The van der Waals surface area contributed by atoms with Gasteiger partial charge in [0.25, 0.3) is 0 Å². The van der Waals surface area contributed by atoms with Crippen LogP contribution in [0.3, 0.4) is 0 Å². The fourth-order valence-electron chi connectivity index (χ4n) is 4.57. The summed E-state index contributed by atoms with van der Waals surface area (Å²) >= 11 is 0. The lowest BCUT2D eigenvalue weighted by Gasteiger charge is -2.13. The molecule has 0 saturated heterocycles. The highest BCUT2D eigenvalue weighted by Crippen LogP contribution is 2.41. The number of aliphatic hydroxyl groups is 1. The van der Waals surface area contributed by atoms with Gasteiger partial charge in [0.15, 0.2) is 0 Å². The number of hydrogen-bond donors (Lipinski definition) is 1. The molecule has 0 fully saturated rings. The molecule has 0 bridgehead atoms. The minimum atomic E-state index is -0.798. The lowest BCUT2D eigenvalue weighted by molar-refractivity contribution is 0.172. The lowest BCUT2D eigenvalue weighted by atomic mass is 9.94. The molecular weight excluding hydrogens is 456 g/mol. The summed E-state index contributed by atoms with van der Waals surface area (Å²) in [5, 5.41) is 11.8. The van der Waals surface area contributed by atoms with Crippen molar-refractivity contribution < 1.29 is 18.3 Å². The number of aromatic nitrogens is 1. The van der Waals surface area contributed by atoms with E-state index in [-0.39, 0.29) is 11.6 Å². The Morgan fingerprint density at radius 3 is 1.97 bits per heavy atom. The zero-order valence-corrected chi connectivity index (χ0v) is 19.4. The molecule has 0 amide bonds. The molecule has 0 radical (unpaired) electrons. The van der Waals surface area contributed by atoms with Crippen molar-refractivity contribution in [1.82, 2.24) is 4.98 Å². The van der Waals surface area contributed by atoms with E-state index in [0.717, 1.165) is 44.3 Å². The van der Waals surface area contributed by atoms with Gasteiger partial charge in [-0.25, -0.2) is 13.8 Å². The molecule has 0 aliphatic rings. The number of hydrogen-bond acceptors (Lipinski definition) is 3. The smallest absolute Gasteiger partial charge is 0.146 e. The Labute approximate surface area is 206 Å². The predicted octanol–water partition coefficient (Wildman–Crippen LogP) is 8.31. The molecule has 5 heteroatoms. The summed E-state index contributed by atoms with van der Waals surface area (Å²) in [7, 11) is 0. The van der Waals surface area contributed by atoms with Crippen molar-refractivity contribution in [2.75, 3.05) is 0 Å². The van der Waals surface area contributed by atoms with Gasteiger partial charge in [0, 0.05) is 21.9 Å². The number of nitrogens with zero attached hydrogens (tertiary/aromatic N) is 1. The molecule has 1 atom stereocenters. The highest BCUT2D eigenvalue weighted by molar-refractivity contribution is 6.13. The molecule has 36 heavy (non-hydrogen) atoms. The first kappa shape index (κ1) is 22.1. The van der Waals surface area contributed by atoms with Gasteiger partial charge in [-0.1, -0.05) is 54.6 Å². The summed E-state index contributed by atoms with van der Waals surface area (Å²) in [6, 6.07) is 28.1. The molecule has 2 heterocycles. The van der Waals surface area contributed by atoms with Gasteiger partial charge >= 0.3 is 0 Å². The van der Waals surface area contributed by atoms with Crippen LogP contribution >= 0.6 is 0 Å². The number of rotatable bonds is 4. The molecule has 4 aromatic carbocycles. The molecule has 0 aliphatic carbocycles. The van der Waals surface area contributed by atoms with Crippen LogP contribution in [0.2, 0.25) is 0 Å². The first-order valence-electron chi connectivity index (χ1n) is 11.6. The van der Waals surface area contributed by atoms with E-state index >= 15 is 0 Å². The second-order valence-corrected chi connectivity index (χ2v) is 8.83. The molecule has 176 valence electrons. The third-order valence-corrected chi connectivity index (χ3v) is 6.38. The summed E-state index contributed by atoms with van der Waals surface area (Å²) in [6.07, 6.45) is -0.798. The number of furan rings is 1. The van der Waals surface area contributed by atoms with E-state index in [2.05, 4.69) is 0 Å². The minimum Gasteiger partial charge on any atom is -0.458 e. The maximum absolute atomic E-state index is 13.8. The van der Waals surface area contributed by atoms with Gasteiger partial charge in [-0.3, -0.25) is 0 Å². The molecular formula is C31H21F2NO2. The van der Waals surface area contributed by atoms with Crippen LogP contribution < -0.4 is 0 Å². The van der Waals surface area contributed by atoms with Crippen LogP contribution in [-0.2, 0) is 0 Å². The molecule has 0 aliphatic heterocycles. The maximum Gasteiger partial charge on any atom is 0.146 e. The van der Waals surface area contributed by atoms with E-state index in [0.29, 0.717) is 16.9 Å².